The minimum atomic E-state index is -0.615. The van der Waals surface area contributed by atoms with Crippen LogP contribution in [0.3, 0.4) is 0 Å². The number of hydrogen-bond donors (Lipinski definition) is 1. The molecule has 1 N–H and O–H groups in total. The predicted molar refractivity (Wildman–Crippen MR) is 89.7 cm³/mol. The van der Waals surface area contributed by atoms with Gasteiger partial charge in [0.1, 0.15) is 17.2 Å². The molecule has 3 rings (SSSR count). The Kier molecular flexibility index (Phi) is 4.43. The number of nitrogens with zero attached hydrogens (tertiary/aromatic N) is 1. The number of hydrogen-bond acceptors (Lipinski definition) is 5. The van der Waals surface area contributed by atoms with Gasteiger partial charge in [-0.05, 0) is 38.1 Å². The van der Waals surface area contributed by atoms with Crippen LogP contribution in [0.4, 0.5) is 5.13 Å². The Morgan fingerprint density at radius 3 is 2.74 bits per heavy atom. The molecule has 0 saturated heterocycles. The maximum Gasteiger partial charge on any atom is 0.266 e. The van der Waals surface area contributed by atoms with Gasteiger partial charge in [0.15, 0.2) is 17.0 Å². The molecule has 0 unspecified atom stereocenters. The highest BCUT2D eigenvalue weighted by Crippen LogP contribution is 2.26. The van der Waals surface area contributed by atoms with Crippen molar-refractivity contribution in [3.8, 4) is 17.2 Å². The minimum Gasteiger partial charge on any atom is -0.481 e. The van der Waals surface area contributed by atoms with Crippen LogP contribution < -0.4 is 10.1 Å². The summed E-state index contributed by atoms with van der Waals surface area (Å²) in [7, 11) is 0. The lowest BCUT2D eigenvalue weighted by Gasteiger charge is -2.13. The summed E-state index contributed by atoms with van der Waals surface area (Å²) in [5.41, 5.74) is 0.704. The lowest BCUT2D eigenvalue weighted by atomic mass is 10.3. The largest absolute Gasteiger partial charge is 0.481 e. The van der Waals surface area contributed by atoms with Crippen molar-refractivity contribution in [1.82, 2.24) is 4.98 Å². The van der Waals surface area contributed by atoms with Crippen LogP contribution in [0.5, 0.6) is 5.75 Å². The number of anilines is 1. The number of rotatable bonds is 5. The molecule has 0 aliphatic carbocycles. The highest BCUT2D eigenvalue weighted by Gasteiger charge is 2.17. The zero-order valence-electron chi connectivity index (χ0n) is 12.8. The Balaban J connectivity index is 1.63. The summed E-state index contributed by atoms with van der Waals surface area (Å²) in [5, 5.41) is 5.12. The van der Waals surface area contributed by atoms with Crippen molar-refractivity contribution in [3.05, 3.63) is 53.6 Å². The number of nitrogens with one attached hydrogen (secondary N) is 1. The first-order valence-electron chi connectivity index (χ1n) is 7.17. The number of ether oxygens (including phenoxy) is 1. The van der Waals surface area contributed by atoms with Crippen LogP contribution in [0.1, 0.15) is 12.7 Å². The topological polar surface area (TPSA) is 64.4 Å². The molecule has 0 fully saturated rings. The van der Waals surface area contributed by atoms with E-state index >= 15 is 0 Å². The fourth-order valence-corrected chi connectivity index (χ4v) is 2.68. The van der Waals surface area contributed by atoms with Gasteiger partial charge < -0.3 is 9.15 Å². The van der Waals surface area contributed by atoms with Gasteiger partial charge in [0, 0.05) is 5.38 Å². The van der Waals surface area contributed by atoms with Crippen LogP contribution >= 0.6 is 11.3 Å². The predicted octanol–water partition coefficient (Wildman–Crippen LogP) is 4.12. The van der Waals surface area contributed by atoms with Gasteiger partial charge in [-0.3, -0.25) is 10.1 Å². The number of carbonyl (C=O) groups excluding carboxylic acids is 1. The summed E-state index contributed by atoms with van der Waals surface area (Å²) >= 11 is 1.35. The average molecular weight is 328 g/mol. The molecule has 3 aromatic rings. The van der Waals surface area contributed by atoms with Crippen LogP contribution in [0.15, 0.2) is 52.3 Å². The molecule has 1 atom stereocenters. The number of aromatic nitrogens is 1. The second-order valence-corrected chi connectivity index (χ2v) is 5.87. The molecule has 5 nitrogen and oxygen atoms in total. The molecule has 2 heterocycles. The van der Waals surface area contributed by atoms with Gasteiger partial charge in [-0.2, -0.15) is 0 Å². The van der Waals surface area contributed by atoms with Gasteiger partial charge in [-0.25, -0.2) is 4.98 Å². The summed E-state index contributed by atoms with van der Waals surface area (Å²) in [5.74, 6) is 1.92. The molecule has 6 heteroatoms. The molecule has 1 aromatic carbocycles. The van der Waals surface area contributed by atoms with E-state index in [1.807, 2.05) is 54.8 Å². The molecule has 0 aliphatic heterocycles. The molecule has 0 spiro atoms. The Morgan fingerprint density at radius 1 is 1.26 bits per heavy atom. The summed E-state index contributed by atoms with van der Waals surface area (Å²) < 4.78 is 11.1. The fraction of sp³-hybridized carbons (Fsp3) is 0.176. The van der Waals surface area contributed by atoms with Crippen LogP contribution in [-0.4, -0.2) is 17.0 Å². The normalized spacial score (nSPS) is 11.9. The molecular formula is C17H16N2O3S. The van der Waals surface area contributed by atoms with E-state index in [1.165, 1.54) is 11.3 Å². The number of furan rings is 1. The van der Waals surface area contributed by atoms with E-state index in [4.69, 9.17) is 9.15 Å². The number of aryl methyl sites for hydroxylation is 1. The van der Waals surface area contributed by atoms with Crippen molar-refractivity contribution in [2.45, 2.75) is 20.0 Å². The van der Waals surface area contributed by atoms with Crippen LogP contribution in [-0.2, 0) is 4.79 Å². The summed E-state index contributed by atoms with van der Waals surface area (Å²) in [6, 6.07) is 13.0. The standard InChI is InChI=1S/C17H16N2O3S/c1-11-8-9-15(21-11)14-10-23-17(18-14)19-16(20)12(2)22-13-6-4-3-5-7-13/h3-10,12H,1-2H3,(H,18,19,20)/t12-/m0/s1. The van der Waals surface area contributed by atoms with Crippen molar-refractivity contribution in [2.75, 3.05) is 5.32 Å². The first-order chi connectivity index (χ1) is 11.1. The van der Waals surface area contributed by atoms with E-state index in [0.29, 0.717) is 22.3 Å². The SMILES string of the molecule is Cc1ccc(-c2csc(NC(=O)[C@H](C)Oc3ccccc3)n2)o1. The van der Waals surface area contributed by atoms with E-state index in [9.17, 15) is 4.79 Å². The first kappa shape index (κ1) is 15.3. The Bertz CT molecular complexity index is 795. The highest BCUT2D eigenvalue weighted by molar-refractivity contribution is 7.14. The quantitative estimate of drug-likeness (QED) is 0.765. The molecule has 0 aliphatic rings. The van der Waals surface area contributed by atoms with E-state index in [2.05, 4.69) is 10.3 Å². The molecular weight excluding hydrogens is 312 g/mol. The number of benzene rings is 1. The number of para-hydroxylation sites is 1. The lowest BCUT2D eigenvalue weighted by molar-refractivity contribution is -0.122. The van der Waals surface area contributed by atoms with E-state index in [-0.39, 0.29) is 5.91 Å². The van der Waals surface area contributed by atoms with E-state index < -0.39 is 6.10 Å². The molecule has 0 radical (unpaired) electrons. The maximum atomic E-state index is 12.2. The second-order valence-electron chi connectivity index (χ2n) is 5.01. The number of carbonyl (C=O) groups is 1. The maximum absolute atomic E-state index is 12.2. The molecule has 1 amide bonds. The third-order valence-corrected chi connectivity index (χ3v) is 3.91. The first-order valence-corrected chi connectivity index (χ1v) is 8.04. The zero-order valence-corrected chi connectivity index (χ0v) is 13.6. The highest BCUT2D eigenvalue weighted by atomic mass is 32.1. The van der Waals surface area contributed by atoms with E-state index in [0.717, 1.165) is 5.76 Å². The summed E-state index contributed by atoms with van der Waals surface area (Å²) in [4.78, 5) is 16.5. The zero-order chi connectivity index (χ0) is 16.2. The third kappa shape index (κ3) is 3.78. The van der Waals surface area contributed by atoms with Crippen LogP contribution in [0.25, 0.3) is 11.5 Å². The van der Waals surface area contributed by atoms with Gasteiger partial charge in [0.05, 0.1) is 0 Å². The summed E-state index contributed by atoms with van der Waals surface area (Å²) in [6.45, 7) is 3.58. The smallest absolute Gasteiger partial charge is 0.266 e. The van der Waals surface area contributed by atoms with E-state index in [1.54, 1.807) is 6.92 Å². The molecule has 0 bridgehead atoms. The van der Waals surface area contributed by atoms with Crippen molar-refractivity contribution < 1.29 is 13.9 Å². The average Bonchev–Trinajstić information content (AvgIpc) is 3.17. The van der Waals surface area contributed by atoms with Crippen molar-refractivity contribution in [3.63, 3.8) is 0 Å². The molecule has 118 valence electrons. The lowest BCUT2D eigenvalue weighted by Crippen LogP contribution is -2.30. The molecule has 23 heavy (non-hydrogen) atoms. The van der Waals surface area contributed by atoms with Crippen LogP contribution in [0, 0.1) is 6.92 Å². The van der Waals surface area contributed by atoms with Gasteiger partial charge in [-0.1, -0.05) is 18.2 Å². The number of thiazole rings is 1. The van der Waals surface area contributed by atoms with Crippen molar-refractivity contribution >= 4 is 22.4 Å². The second kappa shape index (κ2) is 6.66. The molecule has 2 aromatic heterocycles. The van der Waals surface area contributed by atoms with Gasteiger partial charge in [0.25, 0.3) is 5.91 Å². The van der Waals surface area contributed by atoms with Gasteiger partial charge in [-0.15, -0.1) is 11.3 Å². The fourth-order valence-electron chi connectivity index (χ4n) is 1.98. The van der Waals surface area contributed by atoms with Crippen LogP contribution in [0.2, 0.25) is 0 Å². The van der Waals surface area contributed by atoms with Crippen molar-refractivity contribution in [2.24, 2.45) is 0 Å². The van der Waals surface area contributed by atoms with Gasteiger partial charge >= 0.3 is 0 Å². The minimum absolute atomic E-state index is 0.245. The summed E-state index contributed by atoms with van der Waals surface area (Å²) in [6.07, 6.45) is -0.615. The third-order valence-electron chi connectivity index (χ3n) is 3.15. The van der Waals surface area contributed by atoms with Gasteiger partial charge in [0.2, 0.25) is 0 Å². The number of amides is 1. The Morgan fingerprint density at radius 2 is 2.04 bits per heavy atom. The Labute approximate surface area is 137 Å². The monoisotopic (exact) mass is 328 g/mol. The Hall–Kier alpha value is -2.60. The molecule has 0 saturated carbocycles. The van der Waals surface area contributed by atoms with Crippen molar-refractivity contribution in [1.29, 1.82) is 0 Å².